The highest BCUT2D eigenvalue weighted by Crippen LogP contribution is 2.28. The first kappa shape index (κ1) is 25.3. The fourth-order valence-corrected chi connectivity index (χ4v) is 5.29. The maximum atomic E-state index is 12.2. The molecule has 5 rings (SSSR count). The molecule has 2 aromatic heterocycles. The van der Waals surface area contributed by atoms with E-state index in [4.69, 9.17) is 16.6 Å². The predicted octanol–water partition coefficient (Wildman–Crippen LogP) is 4.07. The second-order valence-electron chi connectivity index (χ2n) is 9.39. The molecule has 37 heavy (non-hydrogen) atoms. The Hall–Kier alpha value is -3.34. The van der Waals surface area contributed by atoms with Gasteiger partial charge in [0.25, 0.3) is 0 Å². The molecule has 0 amide bonds. The molecule has 0 bridgehead atoms. The van der Waals surface area contributed by atoms with Crippen LogP contribution in [-0.4, -0.2) is 61.9 Å². The van der Waals surface area contributed by atoms with Crippen molar-refractivity contribution in [3.05, 3.63) is 71.5 Å². The van der Waals surface area contributed by atoms with Crippen LogP contribution in [-0.2, 0) is 16.6 Å². The third-order valence-electron chi connectivity index (χ3n) is 6.58. The number of anilines is 4. The summed E-state index contributed by atoms with van der Waals surface area (Å²) in [5, 5.41) is 8.18. The lowest BCUT2D eigenvalue weighted by Crippen LogP contribution is -2.49. The topological polar surface area (TPSA) is 95.4 Å². The summed E-state index contributed by atoms with van der Waals surface area (Å²) in [6.45, 7) is 5.55. The number of hydrogen-bond acceptors (Lipinski definition) is 7. The Morgan fingerprint density at radius 3 is 2.70 bits per heavy atom. The Morgan fingerprint density at radius 2 is 1.97 bits per heavy atom. The summed E-state index contributed by atoms with van der Waals surface area (Å²) >= 11 is 6.26. The zero-order valence-electron chi connectivity index (χ0n) is 21.0. The van der Waals surface area contributed by atoms with Gasteiger partial charge in [-0.15, -0.1) is 0 Å². The van der Waals surface area contributed by atoms with Crippen molar-refractivity contribution in [3.8, 4) is 0 Å². The van der Waals surface area contributed by atoms with Crippen molar-refractivity contribution in [1.82, 2.24) is 19.9 Å². The van der Waals surface area contributed by atoms with Crippen LogP contribution in [0.4, 0.5) is 23.0 Å². The standard InChI is InChI=1S/C26H30ClN7O2S/c1-18-16-33(13-11-28-18)23-7-5-22(6-8-23)30-26-29-15-19-10-12-34(25(19)31-26)17-20-14-21(27)4-9-24(20)32(2)37(3,35)36/h4-10,12,14-15,18,28H,11,13,16-17H2,1-3H3,(H,29,30,31). The van der Waals surface area contributed by atoms with Crippen molar-refractivity contribution in [3.63, 3.8) is 0 Å². The summed E-state index contributed by atoms with van der Waals surface area (Å²) in [6, 6.07) is 15.9. The van der Waals surface area contributed by atoms with Crippen LogP contribution in [0.2, 0.25) is 5.02 Å². The second kappa shape index (κ2) is 10.2. The summed E-state index contributed by atoms with van der Waals surface area (Å²) in [6.07, 6.45) is 4.87. The predicted molar refractivity (Wildman–Crippen MR) is 151 cm³/mol. The Bertz CT molecular complexity index is 1520. The molecular formula is C26H30ClN7O2S. The molecule has 4 aromatic rings. The summed E-state index contributed by atoms with van der Waals surface area (Å²) < 4.78 is 27.6. The summed E-state index contributed by atoms with van der Waals surface area (Å²) in [5.74, 6) is 0.482. The van der Waals surface area contributed by atoms with E-state index >= 15 is 0 Å². The van der Waals surface area contributed by atoms with Crippen molar-refractivity contribution in [2.24, 2.45) is 0 Å². The van der Waals surface area contributed by atoms with Gasteiger partial charge in [0.2, 0.25) is 16.0 Å². The second-order valence-corrected chi connectivity index (χ2v) is 11.8. The van der Waals surface area contributed by atoms with Crippen LogP contribution in [0, 0.1) is 0 Å². The molecule has 9 nitrogen and oxygen atoms in total. The SMILES string of the molecule is CC1CN(c2ccc(Nc3ncc4ccn(Cc5cc(Cl)ccc5N(C)S(C)(=O)=O)c4n3)cc2)CCN1. The maximum absolute atomic E-state index is 12.2. The van der Waals surface area contributed by atoms with E-state index in [0.717, 1.165) is 41.9 Å². The fourth-order valence-electron chi connectivity index (χ4n) is 4.56. The lowest BCUT2D eigenvalue weighted by atomic mass is 10.1. The lowest BCUT2D eigenvalue weighted by Gasteiger charge is -2.33. The molecule has 2 aromatic carbocycles. The van der Waals surface area contributed by atoms with Crippen molar-refractivity contribution in [2.75, 3.05) is 47.5 Å². The number of nitrogens with one attached hydrogen (secondary N) is 2. The highest BCUT2D eigenvalue weighted by atomic mass is 35.5. The molecule has 3 heterocycles. The van der Waals surface area contributed by atoms with Gasteiger partial charge in [-0.05, 0) is 61.0 Å². The molecule has 194 valence electrons. The average Bonchev–Trinajstić information content (AvgIpc) is 3.25. The van der Waals surface area contributed by atoms with Gasteiger partial charge >= 0.3 is 0 Å². The summed E-state index contributed by atoms with van der Waals surface area (Å²) in [4.78, 5) is 11.6. The number of aromatic nitrogens is 3. The van der Waals surface area contributed by atoms with Crippen molar-refractivity contribution in [2.45, 2.75) is 19.5 Å². The normalized spacial score (nSPS) is 16.2. The lowest BCUT2D eigenvalue weighted by molar-refractivity contribution is 0.485. The zero-order valence-corrected chi connectivity index (χ0v) is 22.6. The number of benzene rings is 2. The molecule has 1 fully saturated rings. The Labute approximate surface area is 222 Å². The smallest absolute Gasteiger partial charge is 0.232 e. The number of nitrogens with zero attached hydrogens (tertiary/aromatic N) is 5. The average molecular weight is 540 g/mol. The Morgan fingerprint density at radius 1 is 1.19 bits per heavy atom. The monoisotopic (exact) mass is 539 g/mol. The highest BCUT2D eigenvalue weighted by molar-refractivity contribution is 7.92. The van der Waals surface area contributed by atoms with Gasteiger partial charge in [-0.1, -0.05) is 11.6 Å². The molecular weight excluding hydrogens is 510 g/mol. The quantitative estimate of drug-likeness (QED) is 0.365. The van der Waals surface area contributed by atoms with Crippen LogP contribution in [0.1, 0.15) is 12.5 Å². The number of sulfonamides is 1. The van der Waals surface area contributed by atoms with Crippen molar-refractivity contribution >= 4 is 55.7 Å². The van der Waals surface area contributed by atoms with Gasteiger partial charge in [0.1, 0.15) is 5.65 Å². The summed E-state index contributed by atoms with van der Waals surface area (Å²) in [5.41, 5.74) is 4.16. The molecule has 1 atom stereocenters. The first-order valence-corrected chi connectivity index (χ1v) is 14.3. The number of halogens is 1. The van der Waals surface area contributed by atoms with Crippen molar-refractivity contribution in [1.29, 1.82) is 0 Å². The van der Waals surface area contributed by atoms with E-state index in [0.29, 0.717) is 29.2 Å². The largest absolute Gasteiger partial charge is 0.369 e. The van der Waals surface area contributed by atoms with Crippen LogP contribution in [0.3, 0.4) is 0 Å². The molecule has 1 aliphatic rings. The van der Waals surface area contributed by atoms with E-state index in [1.807, 2.05) is 29.0 Å². The van der Waals surface area contributed by atoms with E-state index in [-0.39, 0.29) is 0 Å². The first-order valence-electron chi connectivity index (χ1n) is 12.1. The molecule has 0 spiro atoms. The van der Waals surface area contributed by atoms with Gasteiger partial charge in [-0.3, -0.25) is 4.31 Å². The first-order chi connectivity index (χ1) is 17.7. The molecule has 2 N–H and O–H groups in total. The van der Waals surface area contributed by atoms with E-state index in [1.165, 1.54) is 23.3 Å². The van der Waals surface area contributed by atoms with Crippen LogP contribution in [0.25, 0.3) is 11.0 Å². The van der Waals surface area contributed by atoms with Crippen LogP contribution in [0.15, 0.2) is 60.9 Å². The maximum Gasteiger partial charge on any atom is 0.232 e. The summed E-state index contributed by atoms with van der Waals surface area (Å²) in [7, 11) is -1.89. The molecule has 11 heteroatoms. The molecule has 0 radical (unpaired) electrons. The van der Waals surface area contributed by atoms with Gasteiger partial charge < -0.3 is 20.1 Å². The number of fused-ring (bicyclic) bond motifs is 1. The Kier molecular flexibility index (Phi) is 6.98. The van der Waals surface area contributed by atoms with Gasteiger partial charge in [0.15, 0.2) is 0 Å². The van der Waals surface area contributed by atoms with Crippen LogP contribution < -0.4 is 19.8 Å². The Balaban J connectivity index is 1.38. The molecule has 1 unspecified atom stereocenters. The molecule has 0 aliphatic carbocycles. The van der Waals surface area contributed by atoms with Crippen molar-refractivity contribution < 1.29 is 8.42 Å². The minimum absolute atomic E-state index is 0.396. The molecule has 0 saturated carbocycles. The van der Waals surface area contributed by atoms with E-state index in [9.17, 15) is 8.42 Å². The molecule has 1 aliphatic heterocycles. The van der Waals surface area contributed by atoms with Gasteiger partial charge in [0.05, 0.1) is 18.5 Å². The van der Waals surface area contributed by atoms with Gasteiger partial charge in [0, 0.05) is 66.9 Å². The molecule has 1 saturated heterocycles. The third-order valence-corrected chi connectivity index (χ3v) is 8.01. The third kappa shape index (κ3) is 5.66. The van der Waals surface area contributed by atoms with Gasteiger partial charge in [-0.25, -0.2) is 13.4 Å². The van der Waals surface area contributed by atoms with E-state index < -0.39 is 10.0 Å². The number of hydrogen-bond donors (Lipinski definition) is 2. The fraction of sp³-hybridized carbons (Fsp3) is 0.308. The minimum atomic E-state index is -3.43. The van der Waals surface area contributed by atoms with E-state index in [2.05, 4.69) is 39.6 Å². The number of piperazine rings is 1. The van der Waals surface area contributed by atoms with Gasteiger partial charge in [-0.2, -0.15) is 4.98 Å². The number of rotatable bonds is 7. The minimum Gasteiger partial charge on any atom is -0.369 e. The zero-order chi connectivity index (χ0) is 26.2. The van der Waals surface area contributed by atoms with E-state index in [1.54, 1.807) is 24.4 Å². The highest BCUT2D eigenvalue weighted by Gasteiger charge is 2.18. The van der Waals surface area contributed by atoms with Crippen LogP contribution >= 0.6 is 11.6 Å². The van der Waals surface area contributed by atoms with Crippen LogP contribution in [0.5, 0.6) is 0 Å².